The Morgan fingerprint density at radius 1 is 1.50 bits per heavy atom. The van der Waals surface area contributed by atoms with Crippen molar-refractivity contribution < 1.29 is 9.53 Å². The maximum atomic E-state index is 11.8. The van der Waals surface area contributed by atoms with Crippen LogP contribution in [0.2, 0.25) is 0 Å². The second kappa shape index (κ2) is 6.28. The highest BCUT2D eigenvalue weighted by Gasteiger charge is 2.08. The lowest BCUT2D eigenvalue weighted by molar-refractivity contribution is 0.0939. The first kappa shape index (κ1) is 12.7. The van der Waals surface area contributed by atoms with Gasteiger partial charge in [-0.3, -0.25) is 4.79 Å². The highest BCUT2D eigenvalue weighted by atomic mass is 16.5. The molecular weight excluding hydrogens is 202 g/mol. The molecule has 0 heterocycles. The Bertz CT molecular complexity index is 350. The molecule has 16 heavy (non-hydrogen) atoms. The molecule has 3 nitrogen and oxygen atoms in total. The van der Waals surface area contributed by atoms with Gasteiger partial charge >= 0.3 is 0 Å². The van der Waals surface area contributed by atoms with E-state index in [0.29, 0.717) is 12.2 Å². The molecule has 1 amide bonds. The minimum atomic E-state index is -0.0210. The number of amides is 1. The van der Waals surface area contributed by atoms with E-state index in [1.54, 1.807) is 7.11 Å². The molecule has 0 aliphatic heterocycles. The second-order valence-electron chi connectivity index (χ2n) is 3.92. The van der Waals surface area contributed by atoms with Gasteiger partial charge in [0.1, 0.15) is 0 Å². The van der Waals surface area contributed by atoms with Crippen LogP contribution in [0.3, 0.4) is 0 Å². The summed E-state index contributed by atoms with van der Waals surface area (Å²) in [6, 6.07) is 7.71. The number of hydrogen-bond acceptors (Lipinski definition) is 2. The molecule has 0 aliphatic rings. The molecule has 88 valence electrons. The van der Waals surface area contributed by atoms with E-state index in [1.807, 2.05) is 38.1 Å². The normalized spacial score (nSPS) is 12.2. The van der Waals surface area contributed by atoms with Crippen LogP contribution in [0, 0.1) is 0 Å². The maximum absolute atomic E-state index is 11.8. The van der Waals surface area contributed by atoms with E-state index in [0.717, 1.165) is 12.0 Å². The van der Waals surface area contributed by atoms with Crippen molar-refractivity contribution in [1.29, 1.82) is 0 Å². The third-order valence-corrected chi connectivity index (χ3v) is 2.49. The van der Waals surface area contributed by atoms with Crippen molar-refractivity contribution in [3.05, 3.63) is 35.4 Å². The summed E-state index contributed by atoms with van der Waals surface area (Å²) in [6.45, 7) is 4.58. The van der Waals surface area contributed by atoms with Crippen LogP contribution in [0.15, 0.2) is 24.3 Å². The Hall–Kier alpha value is -1.35. The van der Waals surface area contributed by atoms with E-state index in [4.69, 9.17) is 4.74 Å². The predicted molar refractivity (Wildman–Crippen MR) is 64.4 cm³/mol. The molecule has 1 aromatic carbocycles. The van der Waals surface area contributed by atoms with Gasteiger partial charge in [-0.2, -0.15) is 0 Å². The van der Waals surface area contributed by atoms with E-state index < -0.39 is 0 Å². The van der Waals surface area contributed by atoms with Gasteiger partial charge in [0.25, 0.3) is 5.91 Å². The largest absolute Gasteiger partial charge is 0.380 e. The van der Waals surface area contributed by atoms with Crippen LogP contribution in [0.4, 0.5) is 0 Å². The van der Waals surface area contributed by atoms with Crippen LogP contribution < -0.4 is 5.32 Å². The third-order valence-electron chi connectivity index (χ3n) is 2.49. The summed E-state index contributed by atoms with van der Waals surface area (Å²) < 4.78 is 5.03. The lowest BCUT2D eigenvalue weighted by atomic mass is 10.1. The molecule has 0 fully saturated rings. The fraction of sp³-hybridized carbons (Fsp3) is 0.462. The number of carbonyl (C=O) groups is 1. The third kappa shape index (κ3) is 3.66. The van der Waals surface area contributed by atoms with Gasteiger partial charge < -0.3 is 10.1 Å². The standard InChI is InChI=1S/C13H19NO2/c1-4-10(2)14-13(15)12-7-5-6-11(8-12)9-16-3/h5-8,10H,4,9H2,1-3H3,(H,14,15). The molecule has 0 radical (unpaired) electrons. The molecule has 3 heteroatoms. The molecule has 1 rings (SSSR count). The van der Waals surface area contributed by atoms with Gasteiger partial charge in [-0.1, -0.05) is 19.1 Å². The molecule has 0 spiro atoms. The van der Waals surface area contributed by atoms with Crippen LogP contribution in [0.25, 0.3) is 0 Å². The first-order valence-electron chi connectivity index (χ1n) is 5.56. The first-order chi connectivity index (χ1) is 7.67. The number of hydrogen-bond donors (Lipinski definition) is 1. The molecule has 1 N–H and O–H groups in total. The van der Waals surface area contributed by atoms with Gasteiger partial charge in [0.15, 0.2) is 0 Å². The van der Waals surface area contributed by atoms with Crippen LogP contribution in [0.5, 0.6) is 0 Å². The van der Waals surface area contributed by atoms with Gasteiger partial charge in [-0.05, 0) is 31.0 Å². The fourth-order valence-corrected chi connectivity index (χ4v) is 1.38. The van der Waals surface area contributed by atoms with Crippen molar-refractivity contribution in [3.63, 3.8) is 0 Å². The monoisotopic (exact) mass is 221 g/mol. The number of carbonyl (C=O) groups excluding carboxylic acids is 1. The van der Waals surface area contributed by atoms with Crippen LogP contribution in [-0.4, -0.2) is 19.1 Å². The number of benzene rings is 1. The number of ether oxygens (including phenoxy) is 1. The zero-order valence-corrected chi connectivity index (χ0v) is 10.1. The zero-order chi connectivity index (χ0) is 12.0. The smallest absolute Gasteiger partial charge is 0.251 e. The molecule has 0 saturated heterocycles. The van der Waals surface area contributed by atoms with Gasteiger partial charge in [-0.15, -0.1) is 0 Å². The topological polar surface area (TPSA) is 38.3 Å². The van der Waals surface area contributed by atoms with E-state index in [1.165, 1.54) is 0 Å². The lowest BCUT2D eigenvalue weighted by Crippen LogP contribution is -2.31. The maximum Gasteiger partial charge on any atom is 0.251 e. The van der Waals surface area contributed by atoms with Gasteiger partial charge in [-0.25, -0.2) is 0 Å². The van der Waals surface area contributed by atoms with Crippen molar-refractivity contribution >= 4 is 5.91 Å². The Labute approximate surface area is 96.8 Å². The van der Waals surface area contributed by atoms with Crippen LogP contribution >= 0.6 is 0 Å². The SMILES string of the molecule is CCC(C)NC(=O)c1cccc(COC)c1. The zero-order valence-electron chi connectivity index (χ0n) is 10.1. The Morgan fingerprint density at radius 3 is 2.88 bits per heavy atom. The van der Waals surface area contributed by atoms with Crippen molar-refractivity contribution in [2.45, 2.75) is 32.9 Å². The second-order valence-corrected chi connectivity index (χ2v) is 3.92. The summed E-state index contributed by atoms with van der Waals surface area (Å²) in [4.78, 5) is 11.8. The minimum absolute atomic E-state index is 0.0210. The molecule has 1 aromatic rings. The summed E-state index contributed by atoms with van der Waals surface area (Å²) in [5.41, 5.74) is 1.70. The van der Waals surface area contributed by atoms with E-state index in [9.17, 15) is 4.79 Å². The molecule has 1 atom stereocenters. The highest BCUT2D eigenvalue weighted by Crippen LogP contribution is 2.07. The molecule has 0 aromatic heterocycles. The fourth-order valence-electron chi connectivity index (χ4n) is 1.38. The summed E-state index contributed by atoms with van der Waals surface area (Å²) in [5.74, 6) is -0.0210. The quantitative estimate of drug-likeness (QED) is 0.829. The average Bonchev–Trinajstić information content (AvgIpc) is 2.29. The average molecular weight is 221 g/mol. The number of methoxy groups -OCH3 is 1. The van der Waals surface area contributed by atoms with Crippen LogP contribution in [-0.2, 0) is 11.3 Å². The lowest BCUT2D eigenvalue weighted by Gasteiger charge is -2.11. The van der Waals surface area contributed by atoms with Crippen molar-refractivity contribution in [3.8, 4) is 0 Å². The molecule has 0 bridgehead atoms. The van der Waals surface area contributed by atoms with E-state index in [-0.39, 0.29) is 11.9 Å². The highest BCUT2D eigenvalue weighted by molar-refractivity contribution is 5.94. The van der Waals surface area contributed by atoms with Gasteiger partial charge in [0, 0.05) is 18.7 Å². The van der Waals surface area contributed by atoms with Gasteiger partial charge in [0.05, 0.1) is 6.61 Å². The molecule has 0 aliphatic carbocycles. The number of rotatable bonds is 5. The minimum Gasteiger partial charge on any atom is -0.380 e. The Balaban J connectivity index is 2.71. The summed E-state index contributed by atoms with van der Waals surface area (Å²) in [5, 5.41) is 2.94. The first-order valence-corrected chi connectivity index (χ1v) is 5.56. The number of nitrogens with one attached hydrogen (secondary N) is 1. The predicted octanol–water partition coefficient (Wildman–Crippen LogP) is 2.36. The van der Waals surface area contributed by atoms with Crippen molar-refractivity contribution in [2.75, 3.05) is 7.11 Å². The summed E-state index contributed by atoms with van der Waals surface area (Å²) in [7, 11) is 1.64. The van der Waals surface area contributed by atoms with Crippen LogP contribution in [0.1, 0.15) is 36.2 Å². The molecule has 0 saturated carbocycles. The molecule has 1 unspecified atom stereocenters. The van der Waals surface area contributed by atoms with Gasteiger partial charge in [0.2, 0.25) is 0 Å². The van der Waals surface area contributed by atoms with E-state index in [2.05, 4.69) is 5.32 Å². The van der Waals surface area contributed by atoms with Crippen molar-refractivity contribution in [2.24, 2.45) is 0 Å². The Morgan fingerprint density at radius 2 is 2.25 bits per heavy atom. The van der Waals surface area contributed by atoms with Crippen molar-refractivity contribution in [1.82, 2.24) is 5.32 Å². The van der Waals surface area contributed by atoms with E-state index >= 15 is 0 Å². The molecular formula is C13H19NO2. The Kier molecular flexibility index (Phi) is 4.99. The summed E-state index contributed by atoms with van der Waals surface area (Å²) in [6.07, 6.45) is 0.934. The summed E-state index contributed by atoms with van der Waals surface area (Å²) >= 11 is 0.